The number of aromatic nitrogens is 1. The van der Waals surface area contributed by atoms with Crippen LogP contribution in [0.5, 0.6) is 5.75 Å². The average Bonchev–Trinajstić information content (AvgIpc) is 3.52. The van der Waals surface area contributed by atoms with Gasteiger partial charge in [0.05, 0.1) is 27.8 Å². The Hall–Kier alpha value is -3.82. The van der Waals surface area contributed by atoms with Gasteiger partial charge in [-0.15, -0.1) is 11.3 Å². The van der Waals surface area contributed by atoms with E-state index < -0.39 is 4.92 Å². The van der Waals surface area contributed by atoms with Crippen molar-refractivity contribution in [3.63, 3.8) is 0 Å². The monoisotopic (exact) mass is 515 g/mol. The fourth-order valence-corrected chi connectivity index (χ4v) is 6.76. The number of allylic oxidation sites excluding steroid dienone is 1. The number of ether oxygens (including phenoxy) is 1. The molecule has 9 heteroatoms. The highest BCUT2D eigenvalue weighted by molar-refractivity contribution is 7.10. The summed E-state index contributed by atoms with van der Waals surface area (Å²) in [5, 5.41) is 13.6. The van der Waals surface area contributed by atoms with Gasteiger partial charge in [-0.05, 0) is 60.1 Å². The number of nitro benzene ring substituents is 1. The molecule has 180 valence electrons. The number of aryl methyl sites for hydroxylation is 1. The minimum absolute atomic E-state index is 0.123. The fourth-order valence-electron chi connectivity index (χ4n) is 4.91. The number of hydrogen-bond donors (Lipinski definition) is 0. The molecule has 2 aliphatic rings. The van der Waals surface area contributed by atoms with E-state index in [1.165, 1.54) is 23.0 Å². The summed E-state index contributed by atoms with van der Waals surface area (Å²) in [5.41, 5.74) is 4.82. The molecule has 1 atom stereocenters. The third kappa shape index (κ3) is 3.71. The van der Waals surface area contributed by atoms with Gasteiger partial charge in [0.1, 0.15) is 0 Å². The predicted octanol–water partition coefficient (Wildman–Crippen LogP) is 4.69. The van der Waals surface area contributed by atoms with Crippen molar-refractivity contribution in [3.05, 3.63) is 117 Å². The molecule has 0 N–H and O–H groups in total. The second-order valence-electron chi connectivity index (χ2n) is 8.55. The summed E-state index contributed by atoms with van der Waals surface area (Å²) < 4.78 is 7.67. The minimum atomic E-state index is -0.466. The van der Waals surface area contributed by atoms with Gasteiger partial charge in [-0.3, -0.25) is 19.5 Å². The molecule has 0 saturated heterocycles. The number of rotatable bonds is 5. The summed E-state index contributed by atoms with van der Waals surface area (Å²) in [7, 11) is 0. The molecule has 0 bridgehead atoms. The van der Waals surface area contributed by atoms with E-state index in [-0.39, 0.29) is 23.0 Å². The van der Waals surface area contributed by atoms with Gasteiger partial charge in [0.25, 0.3) is 5.56 Å². The largest absolute Gasteiger partial charge is 0.487 e. The summed E-state index contributed by atoms with van der Waals surface area (Å²) in [6, 6.07) is 16.9. The average molecular weight is 516 g/mol. The Bertz CT molecular complexity index is 1710. The molecule has 3 heterocycles. The van der Waals surface area contributed by atoms with Crippen molar-refractivity contribution >= 4 is 40.1 Å². The van der Waals surface area contributed by atoms with Crippen LogP contribution in [0.15, 0.2) is 75.3 Å². The summed E-state index contributed by atoms with van der Waals surface area (Å²) in [6.45, 7) is 2.11. The number of nitrogens with zero attached hydrogens (tertiary/aromatic N) is 3. The Kier molecular flexibility index (Phi) is 5.66. The van der Waals surface area contributed by atoms with Gasteiger partial charge in [0, 0.05) is 16.5 Å². The van der Waals surface area contributed by atoms with Crippen LogP contribution < -0.4 is 19.6 Å². The lowest BCUT2D eigenvalue weighted by Crippen LogP contribution is -2.38. The Morgan fingerprint density at radius 3 is 2.83 bits per heavy atom. The first-order valence-corrected chi connectivity index (χ1v) is 13.3. The first-order chi connectivity index (χ1) is 17.5. The maximum Gasteiger partial charge on any atom is 0.311 e. The van der Waals surface area contributed by atoms with Crippen LogP contribution in [0.4, 0.5) is 5.69 Å². The molecule has 0 radical (unpaired) electrons. The van der Waals surface area contributed by atoms with Crippen LogP contribution >= 0.6 is 22.7 Å². The Morgan fingerprint density at radius 2 is 2.06 bits per heavy atom. The molecule has 7 nitrogen and oxygen atoms in total. The molecule has 2 aromatic heterocycles. The van der Waals surface area contributed by atoms with Crippen LogP contribution in [0.3, 0.4) is 0 Å². The highest BCUT2D eigenvalue weighted by Gasteiger charge is 2.33. The normalized spacial score (nSPS) is 16.7. The molecule has 36 heavy (non-hydrogen) atoms. The van der Waals surface area contributed by atoms with Crippen LogP contribution in [-0.2, 0) is 6.42 Å². The van der Waals surface area contributed by atoms with E-state index in [4.69, 9.17) is 9.73 Å². The molecule has 6 rings (SSSR count). The molecule has 1 unspecified atom stereocenters. The van der Waals surface area contributed by atoms with Gasteiger partial charge in [-0.25, -0.2) is 4.99 Å². The SMILES string of the molecule is CCOc1ccc(C=c2sc3n(c2=O)C(c2cccs2)C2=C(N=3)c3ccccc3CC2)cc1[N+](=O)[O-]. The van der Waals surface area contributed by atoms with Crippen LogP contribution in [-0.4, -0.2) is 16.1 Å². The summed E-state index contributed by atoms with van der Waals surface area (Å²) >= 11 is 2.95. The second-order valence-corrected chi connectivity index (χ2v) is 10.5. The van der Waals surface area contributed by atoms with Gasteiger partial charge in [-0.1, -0.05) is 47.7 Å². The maximum atomic E-state index is 13.7. The quantitative estimate of drug-likeness (QED) is 0.285. The van der Waals surface area contributed by atoms with Crippen molar-refractivity contribution in [3.8, 4) is 5.75 Å². The number of thiazole rings is 1. The van der Waals surface area contributed by atoms with Crippen molar-refractivity contribution in [2.24, 2.45) is 4.99 Å². The van der Waals surface area contributed by atoms with Gasteiger partial charge in [0.15, 0.2) is 10.6 Å². The van der Waals surface area contributed by atoms with Crippen molar-refractivity contribution < 1.29 is 9.66 Å². The smallest absolute Gasteiger partial charge is 0.311 e. The minimum Gasteiger partial charge on any atom is -0.487 e. The Balaban J connectivity index is 1.55. The van der Waals surface area contributed by atoms with E-state index in [9.17, 15) is 14.9 Å². The molecule has 4 aromatic rings. The zero-order valence-electron chi connectivity index (χ0n) is 19.3. The van der Waals surface area contributed by atoms with Crippen molar-refractivity contribution in [2.75, 3.05) is 6.61 Å². The zero-order valence-corrected chi connectivity index (χ0v) is 21.0. The van der Waals surface area contributed by atoms with Crippen LogP contribution in [0.2, 0.25) is 0 Å². The molecule has 0 fully saturated rings. The van der Waals surface area contributed by atoms with Gasteiger partial charge in [-0.2, -0.15) is 0 Å². The summed E-state index contributed by atoms with van der Waals surface area (Å²) in [6.07, 6.45) is 3.45. The predicted molar refractivity (Wildman–Crippen MR) is 141 cm³/mol. The molecule has 1 aliphatic heterocycles. The van der Waals surface area contributed by atoms with E-state index in [0.29, 0.717) is 21.5 Å². The van der Waals surface area contributed by atoms with Gasteiger partial charge < -0.3 is 4.74 Å². The third-order valence-electron chi connectivity index (χ3n) is 6.46. The van der Waals surface area contributed by atoms with Gasteiger partial charge in [0.2, 0.25) is 0 Å². The van der Waals surface area contributed by atoms with E-state index in [1.54, 1.807) is 41.0 Å². The number of nitro groups is 1. The van der Waals surface area contributed by atoms with E-state index in [2.05, 4.69) is 18.2 Å². The highest BCUT2D eigenvalue weighted by Crippen LogP contribution is 2.42. The molecule has 0 amide bonds. The fraction of sp³-hybridized carbons (Fsp3) is 0.185. The first kappa shape index (κ1) is 22.6. The van der Waals surface area contributed by atoms with E-state index in [0.717, 1.165) is 34.6 Å². The number of thiophene rings is 1. The molecule has 0 saturated carbocycles. The van der Waals surface area contributed by atoms with Crippen molar-refractivity contribution in [1.29, 1.82) is 0 Å². The van der Waals surface area contributed by atoms with Crippen LogP contribution in [0, 0.1) is 10.1 Å². The molecule has 2 aromatic carbocycles. The van der Waals surface area contributed by atoms with Crippen molar-refractivity contribution in [1.82, 2.24) is 4.57 Å². The Morgan fingerprint density at radius 1 is 1.19 bits per heavy atom. The summed E-state index contributed by atoms with van der Waals surface area (Å²) in [4.78, 5) is 31.6. The highest BCUT2D eigenvalue weighted by atomic mass is 32.1. The lowest BCUT2D eigenvalue weighted by atomic mass is 9.85. The lowest BCUT2D eigenvalue weighted by molar-refractivity contribution is -0.385. The zero-order chi connectivity index (χ0) is 24.8. The third-order valence-corrected chi connectivity index (χ3v) is 8.37. The number of fused-ring (bicyclic) bond motifs is 3. The van der Waals surface area contributed by atoms with Crippen molar-refractivity contribution in [2.45, 2.75) is 25.8 Å². The number of hydrogen-bond acceptors (Lipinski definition) is 7. The molecular weight excluding hydrogens is 494 g/mol. The number of benzene rings is 2. The van der Waals surface area contributed by atoms with Crippen LogP contribution in [0.25, 0.3) is 11.8 Å². The lowest BCUT2D eigenvalue weighted by Gasteiger charge is -2.30. The first-order valence-electron chi connectivity index (χ1n) is 11.6. The topological polar surface area (TPSA) is 86.7 Å². The maximum absolute atomic E-state index is 13.7. The second kappa shape index (κ2) is 9.00. The molecular formula is C27H21N3O4S2. The van der Waals surface area contributed by atoms with E-state index in [1.807, 2.05) is 23.6 Å². The molecule has 0 spiro atoms. The Labute approximate surface area is 214 Å². The van der Waals surface area contributed by atoms with E-state index >= 15 is 0 Å². The van der Waals surface area contributed by atoms with Crippen LogP contribution in [0.1, 0.15) is 41.0 Å². The standard InChI is InChI=1S/C27H21N3O4S2/c1-2-34-21-12-9-16(14-20(21)30(32)33)15-23-26(31)29-25(22-8-5-13-35-22)19-11-10-17-6-3-4-7-18(17)24(19)28-27(29)36-23/h3-9,12-15,25H,2,10-11H2,1H3. The van der Waals surface area contributed by atoms with Gasteiger partial charge >= 0.3 is 5.69 Å². The molecule has 1 aliphatic carbocycles. The summed E-state index contributed by atoms with van der Waals surface area (Å²) in [5.74, 6) is 0.213.